The molecule has 25 heavy (non-hydrogen) atoms. The van der Waals surface area contributed by atoms with E-state index in [4.69, 9.17) is 0 Å². The Morgan fingerprint density at radius 1 is 1.12 bits per heavy atom. The molecule has 3 aromatic rings. The Hall–Kier alpha value is -3.01. The average Bonchev–Trinajstić information content (AvgIpc) is 2.99. The lowest BCUT2D eigenvalue weighted by molar-refractivity contribution is -0.128. The third kappa shape index (κ3) is 2.70. The van der Waals surface area contributed by atoms with Crippen LogP contribution < -0.4 is 0 Å². The molecule has 2 heterocycles. The third-order valence-electron chi connectivity index (χ3n) is 4.87. The number of Topliss-reactive ketones (excluding diaryl/α,β-unsaturated/α-hetero) is 1. The second kappa shape index (κ2) is 6.13. The van der Waals surface area contributed by atoms with Crippen molar-refractivity contribution in [2.24, 2.45) is 5.92 Å². The number of ketones is 1. The molecule has 1 unspecified atom stereocenters. The highest BCUT2D eigenvalue weighted by Crippen LogP contribution is 2.29. The molecule has 4 nitrogen and oxygen atoms in total. The van der Waals surface area contributed by atoms with E-state index in [-0.39, 0.29) is 11.7 Å². The Balaban J connectivity index is 1.75. The lowest BCUT2D eigenvalue weighted by Crippen LogP contribution is -2.27. The maximum absolute atomic E-state index is 12.8. The molecule has 2 aromatic carbocycles. The first-order valence-electron chi connectivity index (χ1n) is 8.37. The van der Waals surface area contributed by atoms with Crippen LogP contribution in [0.15, 0.2) is 60.9 Å². The number of rotatable bonds is 3. The summed E-state index contributed by atoms with van der Waals surface area (Å²) in [6.45, 7) is 0.631. The van der Waals surface area contributed by atoms with E-state index < -0.39 is 5.92 Å². The van der Waals surface area contributed by atoms with Gasteiger partial charge >= 0.3 is 0 Å². The molecule has 1 amide bonds. The van der Waals surface area contributed by atoms with Crippen LogP contribution in [0.3, 0.4) is 0 Å². The number of amides is 1. The van der Waals surface area contributed by atoms with E-state index in [0.717, 1.165) is 21.9 Å². The van der Waals surface area contributed by atoms with Crippen LogP contribution in [0, 0.1) is 5.92 Å². The Bertz CT molecular complexity index is 975. The van der Waals surface area contributed by atoms with Crippen molar-refractivity contribution < 1.29 is 9.59 Å². The van der Waals surface area contributed by atoms with E-state index in [1.165, 1.54) is 0 Å². The number of carbonyl (C=O) groups is 2. The molecule has 0 bridgehead atoms. The largest absolute Gasteiger partial charge is 0.345 e. The van der Waals surface area contributed by atoms with Crippen molar-refractivity contribution in [1.29, 1.82) is 0 Å². The summed E-state index contributed by atoms with van der Waals surface area (Å²) in [5.41, 5.74) is 2.43. The smallest absolute Gasteiger partial charge is 0.233 e. The van der Waals surface area contributed by atoms with Gasteiger partial charge in [-0.1, -0.05) is 42.5 Å². The van der Waals surface area contributed by atoms with Crippen molar-refractivity contribution in [3.05, 3.63) is 66.5 Å². The Kier molecular flexibility index (Phi) is 3.80. The van der Waals surface area contributed by atoms with E-state index in [1.807, 2.05) is 30.3 Å². The quantitative estimate of drug-likeness (QED) is 0.545. The summed E-state index contributed by atoms with van der Waals surface area (Å²) in [5.74, 6) is -0.806. The number of likely N-dealkylation sites (tertiary alicyclic amines) is 1. The summed E-state index contributed by atoms with van der Waals surface area (Å²) < 4.78 is 0. The Morgan fingerprint density at radius 2 is 1.92 bits per heavy atom. The van der Waals surface area contributed by atoms with E-state index in [9.17, 15) is 9.59 Å². The van der Waals surface area contributed by atoms with Crippen LogP contribution in [0.4, 0.5) is 0 Å². The van der Waals surface area contributed by atoms with Crippen LogP contribution in [0.25, 0.3) is 21.9 Å². The molecule has 4 heteroatoms. The zero-order valence-electron chi connectivity index (χ0n) is 14.0. The first kappa shape index (κ1) is 15.5. The molecule has 0 spiro atoms. The van der Waals surface area contributed by atoms with Crippen LogP contribution in [-0.2, 0) is 4.79 Å². The van der Waals surface area contributed by atoms with Gasteiger partial charge in [-0.15, -0.1) is 0 Å². The van der Waals surface area contributed by atoms with Crippen molar-refractivity contribution in [2.75, 3.05) is 13.6 Å². The Labute approximate surface area is 146 Å². The SMILES string of the molecule is CN1CCC(C(=O)c2cncc(-c3cccc4ccccc34)c2)C1=O. The van der Waals surface area contributed by atoms with E-state index in [1.54, 1.807) is 24.3 Å². The number of fused-ring (bicyclic) bond motifs is 1. The van der Waals surface area contributed by atoms with Crippen LogP contribution in [0.5, 0.6) is 0 Å². The molecule has 1 fully saturated rings. The van der Waals surface area contributed by atoms with Gasteiger partial charge < -0.3 is 4.90 Å². The number of hydrogen-bond acceptors (Lipinski definition) is 3. The van der Waals surface area contributed by atoms with Crippen molar-refractivity contribution in [2.45, 2.75) is 6.42 Å². The topological polar surface area (TPSA) is 50.3 Å². The number of nitrogens with zero attached hydrogens (tertiary/aromatic N) is 2. The number of pyridine rings is 1. The zero-order valence-corrected chi connectivity index (χ0v) is 14.0. The zero-order chi connectivity index (χ0) is 17.4. The summed E-state index contributed by atoms with van der Waals surface area (Å²) in [5, 5.41) is 2.26. The van der Waals surface area contributed by atoms with Crippen molar-refractivity contribution in [3.8, 4) is 11.1 Å². The van der Waals surface area contributed by atoms with Gasteiger partial charge in [0.15, 0.2) is 5.78 Å². The molecule has 0 aliphatic carbocycles. The fourth-order valence-electron chi connectivity index (χ4n) is 3.47. The maximum atomic E-state index is 12.8. The molecular formula is C21H18N2O2. The summed E-state index contributed by atoms with van der Waals surface area (Å²) >= 11 is 0. The third-order valence-corrected chi connectivity index (χ3v) is 4.87. The molecular weight excluding hydrogens is 312 g/mol. The van der Waals surface area contributed by atoms with Crippen LogP contribution in [-0.4, -0.2) is 35.2 Å². The number of aromatic nitrogens is 1. The highest BCUT2D eigenvalue weighted by atomic mass is 16.2. The van der Waals surface area contributed by atoms with Gasteiger partial charge in [-0.25, -0.2) is 0 Å². The molecule has 4 rings (SSSR count). The molecule has 1 atom stereocenters. The molecule has 1 aliphatic heterocycles. The fourth-order valence-corrected chi connectivity index (χ4v) is 3.47. The van der Waals surface area contributed by atoms with Gasteiger partial charge in [-0.2, -0.15) is 0 Å². The minimum absolute atomic E-state index is 0.0967. The molecule has 1 saturated heterocycles. The first-order chi connectivity index (χ1) is 12.1. The number of hydrogen-bond donors (Lipinski definition) is 0. The van der Waals surface area contributed by atoms with Gasteiger partial charge in [-0.05, 0) is 28.8 Å². The second-order valence-corrected chi connectivity index (χ2v) is 6.45. The fraction of sp³-hybridized carbons (Fsp3) is 0.190. The lowest BCUT2D eigenvalue weighted by atomic mass is 9.94. The van der Waals surface area contributed by atoms with Gasteiger partial charge in [0.25, 0.3) is 0 Å². The van der Waals surface area contributed by atoms with E-state index in [0.29, 0.717) is 18.5 Å². The predicted octanol–water partition coefficient (Wildman–Crippen LogP) is 3.56. The highest BCUT2D eigenvalue weighted by Gasteiger charge is 2.35. The Morgan fingerprint density at radius 3 is 2.72 bits per heavy atom. The van der Waals surface area contributed by atoms with Crippen LogP contribution >= 0.6 is 0 Å². The summed E-state index contributed by atoms with van der Waals surface area (Å²) in [6, 6.07) is 16.1. The highest BCUT2D eigenvalue weighted by molar-refractivity contribution is 6.11. The van der Waals surface area contributed by atoms with Gasteiger partial charge in [0.2, 0.25) is 5.91 Å². The minimum Gasteiger partial charge on any atom is -0.345 e. The molecule has 1 aliphatic rings. The van der Waals surface area contributed by atoms with Crippen LogP contribution in [0.2, 0.25) is 0 Å². The molecule has 0 N–H and O–H groups in total. The number of carbonyl (C=O) groups excluding carboxylic acids is 2. The standard InChI is InChI=1S/C21H18N2O2/c1-23-10-9-19(21(23)25)20(24)16-11-15(12-22-13-16)18-8-4-6-14-5-2-3-7-17(14)18/h2-8,11-13,19H,9-10H2,1H3. The van der Waals surface area contributed by atoms with Gasteiger partial charge in [0.05, 0.1) is 0 Å². The summed E-state index contributed by atoms with van der Waals surface area (Å²) in [4.78, 5) is 30.8. The second-order valence-electron chi connectivity index (χ2n) is 6.45. The van der Waals surface area contributed by atoms with Gasteiger partial charge in [0.1, 0.15) is 5.92 Å². The van der Waals surface area contributed by atoms with Crippen molar-refractivity contribution in [3.63, 3.8) is 0 Å². The van der Waals surface area contributed by atoms with Crippen molar-refractivity contribution >= 4 is 22.5 Å². The number of benzene rings is 2. The van der Waals surface area contributed by atoms with Gasteiger partial charge in [-0.3, -0.25) is 14.6 Å². The van der Waals surface area contributed by atoms with Crippen molar-refractivity contribution in [1.82, 2.24) is 9.88 Å². The minimum atomic E-state index is -0.574. The average molecular weight is 330 g/mol. The normalized spacial score (nSPS) is 17.2. The monoisotopic (exact) mass is 330 g/mol. The summed E-state index contributed by atoms with van der Waals surface area (Å²) in [6.07, 6.45) is 3.90. The predicted molar refractivity (Wildman–Crippen MR) is 97.3 cm³/mol. The van der Waals surface area contributed by atoms with E-state index in [2.05, 4.69) is 23.2 Å². The summed E-state index contributed by atoms with van der Waals surface area (Å²) in [7, 11) is 1.74. The molecule has 1 aromatic heterocycles. The molecule has 0 saturated carbocycles. The van der Waals surface area contributed by atoms with Gasteiger partial charge in [0, 0.05) is 37.1 Å². The maximum Gasteiger partial charge on any atom is 0.233 e. The molecule has 0 radical (unpaired) electrons. The van der Waals surface area contributed by atoms with Crippen LogP contribution in [0.1, 0.15) is 16.8 Å². The lowest BCUT2D eigenvalue weighted by Gasteiger charge is -2.11. The molecule has 124 valence electrons. The van der Waals surface area contributed by atoms with E-state index >= 15 is 0 Å². The first-order valence-corrected chi connectivity index (χ1v) is 8.37.